The number of primary amides is 1. The summed E-state index contributed by atoms with van der Waals surface area (Å²) >= 11 is 0. The summed E-state index contributed by atoms with van der Waals surface area (Å²) in [6.07, 6.45) is 1.06. The van der Waals surface area contributed by atoms with Gasteiger partial charge in [0, 0.05) is 34.9 Å². The van der Waals surface area contributed by atoms with Gasteiger partial charge in [-0.3, -0.25) is 4.79 Å². The van der Waals surface area contributed by atoms with Crippen LogP contribution in [0.25, 0.3) is 0 Å². The van der Waals surface area contributed by atoms with Crippen LogP contribution < -0.4 is 11.1 Å². The van der Waals surface area contributed by atoms with Gasteiger partial charge >= 0.3 is 0 Å². The molecule has 2 unspecified atom stereocenters. The lowest BCUT2D eigenvalue weighted by Gasteiger charge is -2.52. The number of benzene rings is 1. The Balaban J connectivity index is 2.19. The Labute approximate surface area is 124 Å². The molecule has 3 N–H and O–H groups in total. The van der Waals surface area contributed by atoms with Crippen LogP contribution in [-0.4, -0.2) is 24.7 Å². The lowest BCUT2D eigenvalue weighted by Crippen LogP contribution is -2.58. The highest BCUT2D eigenvalue weighted by Crippen LogP contribution is 2.44. The van der Waals surface area contributed by atoms with Gasteiger partial charge in [0.15, 0.2) is 0 Å². The molecule has 116 valence electrons. The SMILES string of the molecule is CCOC1CC(Nc2cc(C(N)=O)cc(F)c2C)C1(C)C. The average molecular weight is 294 g/mol. The van der Waals surface area contributed by atoms with E-state index in [0.717, 1.165) is 6.42 Å². The van der Waals surface area contributed by atoms with Crippen molar-refractivity contribution in [2.45, 2.75) is 46.3 Å². The van der Waals surface area contributed by atoms with Crippen molar-refractivity contribution in [2.75, 3.05) is 11.9 Å². The Morgan fingerprint density at radius 1 is 1.52 bits per heavy atom. The van der Waals surface area contributed by atoms with Crippen molar-refractivity contribution in [3.63, 3.8) is 0 Å². The molecule has 1 amide bonds. The van der Waals surface area contributed by atoms with Crippen LogP contribution >= 0.6 is 0 Å². The second kappa shape index (κ2) is 5.64. The molecule has 2 atom stereocenters. The second-order valence-electron chi connectivity index (χ2n) is 6.19. The molecule has 2 rings (SSSR count). The minimum atomic E-state index is -0.628. The topological polar surface area (TPSA) is 64.3 Å². The molecule has 21 heavy (non-hydrogen) atoms. The van der Waals surface area contributed by atoms with E-state index in [1.54, 1.807) is 13.0 Å². The first-order valence-corrected chi connectivity index (χ1v) is 7.25. The van der Waals surface area contributed by atoms with E-state index < -0.39 is 11.7 Å². The van der Waals surface area contributed by atoms with Gasteiger partial charge in [-0.25, -0.2) is 4.39 Å². The van der Waals surface area contributed by atoms with Crippen molar-refractivity contribution in [1.82, 2.24) is 0 Å². The van der Waals surface area contributed by atoms with E-state index in [9.17, 15) is 9.18 Å². The number of nitrogens with one attached hydrogen (secondary N) is 1. The Morgan fingerprint density at radius 2 is 2.19 bits per heavy atom. The Bertz CT molecular complexity index is 557. The van der Waals surface area contributed by atoms with Crippen LogP contribution in [0.4, 0.5) is 10.1 Å². The summed E-state index contributed by atoms with van der Waals surface area (Å²) in [4.78, 5) is 11.3. The molecule has 4 nitrogen and oxygen atoms in total. The van der Waals surface area contributed by atoms with Gasteiger partial charge in [-0.15, -0.1) is 0 Å². The van der Waals surface area contributed by atoms with Gasteiger partial charge in [-0.1, -0.05) is 13.8 Å². The quantitative estimate of drug-likeness (QED) is 0.877. The van der Waals surface area contributed by atoms with E-state index in [1.807, 2.05) is 6.92 Å². The van der Waals surface area contributed by atoms with E-state index in [0.29, 0.717) is 17.9 Å². The number of amides is 1. The molecular weight excluding hydrogens is 271 g/mol. The van der Waals surface area contributed by atoms with Crippen LogP contribution in [0.1, 0.15) is 43.1 Å². The molecule has 1 saturated carbocycles. The van der Waals surface area contributed by atoms with Crippen molar-refractivity contribution in [2.24, 2.45) is 11.1 Å². The van der Waals surface area contributed by atoms with Crippen LogP contribution in [0.2, 0.25) is 0 Å². The van der Waals surface area contributed by atoms with Gasteiger partial charge < -0.3 is 15.8 Å². The summed E-state index contributed by atoms with van der Waals surface area (Å²) in [6, 6.07) is 2.97. The highest BCUT2D eigenvalue weighted by molar-refractivity contribution is 5.94. The van der Waals surface area contributed by atoms with Crippen LogP contribution in [-0.2, 0) is 4.74 Å². The molecule has 1 aromatic carbocycles. The maximum atomic E-state index is 13.9. The van der Waals surface area contributed by atoms with Crippen LogP contribution in [0.5, 0.6) is 0 Å². The lowest BCUT2D eigenvalue weighted by atomic mass is 9.64. The number of hydrogen-bond donors (Lipinski definition) is 2. The van der Waals surface area contributed by atoms with Gasteiger partial charge in [0.2, 0.25) is 5.91 Å². The zero-order chi connectivity index (χ0) is 15.8. The number of halogens is 1. The number of carbonyl (C=O) groups excluding carboxylic acids is 1. The van der Waals surface area contributed by atoms with Crippen LogP contribution in [0.15, 0.2) is 12.1 Å². The first-order chi connectivity index (χ1) is 9.77. The largest absolute Gasteiger partial charge is 0.381 e. The van der Waals surface area contributed by atoms with E-state index in [1.165, 1.54) is 6.07 Å². The molecule has 5 heteroatoms. The molecule has 0 radical (unpaired) electrons. The zero-order valence-electron chi connectivity index (χ0n) is 13.0. The molecule has 1 fully saturated rings. The van der Waals surface area contributed by atoms with Crippen molar-refractivity contribution < 1.29 is 13.9 Å². The van der Waals surface area contributed by atoms with E-state index in [2.05, 4.69) is 19.2 Å². The minimum Gasteiger partial charge on any atom is -0.381 e. The van der Waals surface area contributed by atoms with E-state index >= 15 is 0 Å². The molecule has 0 heterocycles. The first kappa shape index (κ1) is 15.8. The molecule has 0 aromatic heterocycles. The Hall–Kier alpha value is -1.62. The van der Waals surface area contributed by atoms with Crippen LogP contribution in [0, 0.1) is 18.2 Å². The molecule has 0 bridgehead atoms. The number of carbonyl (C=O) groups is 1. The monoisotopic (exact) mass is 294 g/mol. The predicted octanol–water partition coefficient (Wildman–Crippen LogP) is 2.85. The number of rotatable bonds is 5. The van der Waals surface area contributed by atoms with Crippen molar-refractivity contribution in [3.05, 3.63) is 29.1 Å². The second-order valence-corrected chi connectivity index (χ2v) is 6.19. The van der Waals surface area contributed by atoms with Crippen LogP contribution in [0.3, 0.4) is 0 Å². The standard InChI is InChI=1S/C16H23FN2O2/c1-5-21-14-8-13(16(14,3)4)19-12-7-10(15(18)20)6-11(17)9(12)2/h6-7,13-14,19H,5,8H2,1-4H3,(H2,18,20). The summed E-state index contributed by atoms with van der Waals surface area (Å²) in [5, 5.41) is 3.33. The number of hydrogen-bond acceptors (Lipinski definition) is 3. The van der Waals surface area contributed by atoms with Gasteiger partial charge in [-0.2, -0.15) is 0 Å². The third kappa shape index (κ3) is 2.88. The molecular formula is C16H23FN2O2. The van der Waals surface area contributed by atoms with Crippen molar-refractivity contribution >= 4 is 11.6 Å². The van der Waals surface area contributed by atoms with Crippen molar-refractivity contribution in [3.8, 4) is 0 Å². The maximum absolute atomic E-state index is 13.9. The zero-order valence-corrected chi connectivity index (χ0v) is 13.0. The normalized spacial score (nSPS) is 23.5. The summed E-state index contributed by atoms with van der Waals surface area (Å²) < 4.78 is 19.6. The predicted molar refractivity (Wildman–Crippen MR) is 80.9 cm³/mol. The fraction of sp³-hybridized carbons (Fsp3) is 0.562. The van der Waals surface area contributed by atoms with Crippen molar-refractivity contribution in [1.29, 1.82) is 0 Å². The number of ether oxygens (including phenoxy) is 1. The molecule has 1 aromatic rings. The van der Waals surface area contributed by atoms with Gasteiger partial charge in [-0.05, 0) is 32.4 Å². The minimum absolute atomic E-state index is 0.0400. The third-order valence-corrected chi connectivity index (χ3v) is 4.50. The van der Waals surface area contributed by atoms with Gasteiger partial charge in [0.25, 0.3) is 0 Å². The fourth-order valence-corrected chi connectivity index (χ4v) is 2.77. The summed E-state index contributed by atoms with van der Waals surface area (Å²) in [6.45, 7) is 8.60. The summed E-state index contributed by atoms with van der Waals surface area (Å²) in [5.74, 6) is -1.05. The average Bonchev–Trinajstić information content (AvgIpc) is 2.41. The molecule has 1 aliphatic carbocycles. The smallest absolute Gasteiger partial charge is 0.248 e. The molecule has 0 saturated heterocycles. The molecule has 0 spiro atoms. The maximum Gasteiger partial charge on any atom is 0.248 e. The molecule has 1 aliphatic rings. The number of anilines is 1. The number of nitrogens with two attached hydrogens (primary N) is 1. The van der Waals surface area contributed by atoms with Gasteiger partial charge in [0.05, 0.1) is 6.10 Å². The van der Waals surface area contributed by atoms with Gasteiger partial charge in [0.1, 0.15) is 5.82 Å². The lowest BCUT2D eigenvalue weighted by molar-refractivity contribution is -0.0976. The first-order valence-electron chi connectivity index (χ1n) is 7.25. The highest BCUT2D eigenvalue weighted by Gasteiger charge is 2.49. The Morgan fingerprint density at radius 3 is 2.71 bits per heavy atom. The third-order valence-electron chi connectivity index (χ3n) is 4.50. The Kier molecular flexibility index (Phi) is 4.23. The summed E-state index contributed by atoms with van der Waals surface area (Å²) in [5.41, 5.74) is 6.50. The van der Waals surface area contributed by atoms with E-state index in [-0.39, 0.29) is 23.1 Å². The highest BCUT2D eigenvalue weighted by atomic mass is 19.1. The fourth-order valence-electron chi connectivity index (χ4n) is 2.77. The molecule has 0 aliphatic heterocycles. The summed E-state index contributed by atoms with van der Waals surface area (Å²) in [7, 11) is 0. The van der Waals surface area contributed by atoms with E-state index in [4.69, 9.17) is 10.5 Å².